The zero-order valence-corrected chi connectivity index (χ0v) is 14.8. The average molecular weight is 369 g/mol. The van der Waals surface area contributed by atoms with Crippen LogP contribution in [-0.4, -0.2) is 24.3 Å². The summed E-state index contributed by atoms with van der Waals surface area (Å²) in [6.07, 6.45) is 3.11. The first kappa shape index (κ1) is 18.8. The standard InChI is InChI=1S/C21H20FNO4/c22-17-6-8-18(9-7-17)23-20(25)13-27-21(26)11-10-19(24)16-5-4-14-2-1-3-15(14)12-16/h4-9,12H,1-3,10-11,13H2,(H,23,25). The molecule has 0 bridgehead atoms. The number of rotatable bonds is 7. The number of amides is 1. The van der Waals surface area contributed by atoms with Crippen LogP contribution in [0.1, 0.15) is 40.7 Å². The molecular formula is C21H20FNO4. The molecule has 6 heteroatoms. The number of ketones is 1. The summed E-state index contributed by atoms with van der Waals surface area (Å²) in [5, 5.41) is 2.49. The highest BCUT2D eigenvalue weighted by atomic mass is 19.1. The van der Waals surface area contributed by atoms with E-state index in [1.165, 1.54) is 35.4 Å². The van der Waals surface area contributed by atoms with Crippen molar-refractivity contribution in [1.29, 1.82) is 0 Å². The Labute approximate surface area is 156 Å². The van der Waals surface area contributed by atoms with Crippen LogP contribution in [0.2, 0.25) is 0 Å². The van der Waals surface area contributed by atoms with E-state index in [0.717, 1.165) is 19.3 Å². The van der Waals surface area contributed by atoms with E-state index in [0.29, 0.717) is 11.3 Å². The summed E-state index contributed by atoms with van der Waals surface area (Å²) in [6, 6.07) is 10.9. The van der Waals surface area contributed by atoms with Crippen molar-refractivity contribution in [3.8, 4) is 0 Å². The van der Waals surface area contributed by atoms with E-state index >= 15 is 0 Å². The van der Waals surface area contributed by atoms with Crippen LogP contribution in [0.25, 0.3) is 0 Å². The van der Waals surface area contributed by atoms with Gasteiger partial charge in [-0.15, -0.1) is 0 Å². The number of anilines is 1. The normalized spacial score (nSPS) is 12.3. The number of fused-ring (bicyclic) bond motifs is 1. The molecule has 0 radical (unpaired) electrons. The van der Waals surface area contributed by atoms with Gasteiger partial charge in [-0.05, 0) is 60.7 Å². The summed E-state index contributed by atoms with van der Waals surface area (Å²) < 4.78 is 17.7. The predicted molar refractivity (Wildman–Crippen MR) is 98.0 cm³/mol. The second-order valence-electron chi connectivity index (χ2n) is 6.48. The SMILES string of the molecule is O=C(COC(=O)CCC(=O)c1ccc2c(c1)CCC2)Nc1ccc(F)cc1. The van der Waals surface area contributed by atoms with Gasteiger partial charge in [0.05, 0.1) is 6.42 Å². The fraction of sp³-hybridized carbons (Fsp3) is 0.286. The molecule has 5 nitrogen and oxygen atoms in total. The topological polar surface area (TPSA) is 72.5 Å². The zero-order valence-electron chi connectivity index (χ0n) is 14.8. The summed E-state index contributed by atoms with van der Waals surface area (Å²) in [6.45, 7) is -0.455. The van der Waals surface area contributed by atoms with Gasteiger partial charge in [0.2, 0.25) is 0 Å². The molecule has 1 aliphatic rings. The maximum absolute atomic E-state index is 12.8. The van der Waals surface area contributed by atoms with Crippen molar-refractivity contribution in [1.82, 2.24) is 0 Å². The molecule has 2 aromatic carbocycles. The number of hydrogen-bond acceptors (Lipinski definition) is 4. The molecule has 0 heterocycles. The van der Waals surface area contributed by atoms with Crippen LogP contribution < -0.4 is 5.32 Å². The van der Waals surface area contributed by atoms with Gasteiger partial charge in [-0.3, -0.25) is 14.4 Å². The number of benzene rings is 2. The highest BCUT2D eigenvalue weighted by Gasteiger charge is 2.15. The highest BCUT2D eigenvalue weighted by molar-refractivity contribution is 5.98. The third-order valence-corrected chi connectivity index (χ3v) is 4.47. The molecule has 1 aliphatic carbocycles. The van der Waals surface area contributed by atoms with Gasteiger partial charge in [0.1, 0.15) is 5.82 Å². The first-order chi connectivity index (χ1) is 13.0. The van der Waals surface area contributed by atoms with Gasteiger partial charge in [0.25, 0.3) is 5.91 Å². The van der Waals surface area contributed by atoms with Crippen molar-refractivity contribution < 1.29 is 23.5 Å². The Hall–Kier alpha value is -3.02. The second-order valence-corrected chi connectivity index (χ2v) is 6.48. The van der Waals surface area contributed by atoms with Gasteiger partial charge in [-0.25, -0.2) is 4.39 Å². The van der Waals surface area contributed by atoms with Crippen LogP contribution in [0.5, 0.6) is 0 Å². The molecule has 1 amide bonds. The molecule has 0 fully saturated rings. The highest BCUT2D eigenvalue weighted by Crippen LogP contribution is 2.23. The van der Waals surface area contributed by atoms with E-state index in [4.69, 9.17) is 4.74 Å². The number of halogens is 1. The van der Waals surface area contributed by atoms with Crippen LogP contribution in [0.15, 0.2) is 42.5 Å². The number of carbonyl (C=O) groups is 3. The van der Waals surface area contributed by atoms with Crippen LogP contribution in [0.3, 0.4) is 0 Å². The van der Waals surface area contributed by atoms with Gasteiger partial charge in [0, 0.05) is 17.7 Å². The number of hydrogen-bond donors (Lipinski definition) is 1. The summed E-state index contributed by atoms with van der Waals surface area (Å²) in [5.74, 6) is -1.66. The maximum Gasteiger partial charge on any atom is 0.306 e. The largest absolute Gasteiger partial charge is 0.456 e. The predicted octanol–water partition coefficient (Wildman–Crippen LogP) is 3.46. The van der Waals surface area contributed by atoms with Crippen LogP contribution >= 0.6 is 0 Å². The summed E-state index contributed by atoms with van der Waals surface area (Å²) in [7, 11) is 0. The molecule has 0 saturated carbocycles. The van der Waals surface area contributed by atoms with Crippen molar-refractivity contribution in [3.05, 3.63) is 65.0 Å². The fourth-order valence-corrected chi connectivity index (χ4v) is 3.05. The lowest BCUT2D eigenvalue weighted by Crippen LogP contribution is -2.21. The molecule has 0 saturated heterocycles. The first-order valence-electron chi connectivity index (χ1n) is 8.87. The third-order valence-electron chi connectivity index (χ3n) is 4.47. The van der Waals surface area contributed by atoms with E-state index in [1.54, 1.807) is 6.07 Å². The quantitative estimate of drug-likeness (QED) is 0.599. The van der Waals surface area contributed by atoms with E-state index in [-0.39, 0.29) is 18.6 Å². The molecular weight excluding hydrogens is 349 g/mol. The average Bonchev–Trinajstić information content (AvgIpc) is 3.14. The molecule has 0 aromatic heterocycles. The monoisotopic (exact) mass is 369 g/mol. The number of Topliss-reactive ketones (excluding diaryl/α,β-unsaturated/α-hetero) is 1. The zero-order chi connectivity index (χ0) is 19.2. The lowest BCUT2D eigenvalue weighted by molar-refractivity contribution is -0.147. The van der Waals surface area contributed by atoms with Gasteiger partial charge in [-0.2, -0.15) is 0 Å². The number of nitrogens with one attached hydrogen (secondary N) is 1. The lowest BCUT2D eigenvalue weighted by Gasteiger charge is -2.07. The fourth-order valence-electron chi connectivity index (χ4n) is 3.05. The summed E-state index contributed by atoms with van der Waals surface area (Å²) >= 11 is 0. The maximum atomic E-state index is 12.8. The Morgan fingerprint density at radius 3 is 2.48 bits per heavy atom. The smallest absolute Gasteiger partial charge is 0.306 e. The molecule has 27 heavy (non-hydrogen) atoms. The molecule has 1 N–H and O–H groups in total. The van der Waals surface area contributed by atoms with E-state index in [2.05, 4.69) is 5.32 Å². The molecule has 0 spiro atoms. The van der Waals surface area contributed by atoms with Crippen molar-refractivity contribution in [2.24, 2.45) is 0 Å². The number of esters is 1. The van der Waals surface area contributed by atoms with Crippen molar-refractivity contribution in [3.63, 3.8) is 0 Å². The summed E-state index contributed by atoms with van der Waals surface area (Å²) in [5.41, 5.74) is 3.51. The Balaban J connectivity index is 1.40. The molecule has 140 valence electrons. The van der Waals surface area contributed by atoms with E-state index in [1.807, 2.05) is 12.1 Å². The van der Waals surface area contributed by atoms with Crippen LogP contribution in [0, 0.1) is 5.82 Å². The van der Waals surface area contributed by atoms with Gasteiger partial charge in [-0.1, -0.05) is 12.1 Å². The molecule has 0 unspecified atom stereocenters. The molecule has 0 atom stereocenters. The number of carbonyl (C=O) groups excluding carboxylic acids is 3. The first-order valence-corrected chi connectivity index (χ1v) is 8.87. The van der Waals surface area contributed by atoms with Gasteiger partial charge < -0.3 is 10.1 Å². The van der Waals surface area contributed by atoms with Gasteiger partial charge in [0.15, 0.2) is 12.4 Å². The van der Waals surface area contributed by atoms with Crippen molar-refractivity contribution in [2.75, 3.05) is 11.9 Å². The Bertz CT molecular complexity index is 861. The van der Waals surface area contributed by atoms with E-state index < -0.39 is 24.3 Å². The van der Waals surface area contributed by atoms with Crippen LogP contribution in [0.4, 0.5) is 10.1 Å². The molecule has 3 rings (SSSR count). The Morgan fingerprint density at radius 1 is 0.963 bits per heavy atom. The van der Waals surface area contributed by atoms with Gasteiger partial charge >= 0.3 is 5.97 Å². The minimum atomic E-state index is -0.612. The second kappa shape index (κ2) is 8.58. The van der Waals surface area contributed by atoms with Crippen molar-refractivity contribution in [2.45, 2.75) is 32.1 Å². The summed E-state index contributed by atoms with van der Waals surface area (Å²) in [4.78, 5) is 35.7. The molecule has 2 aromatic rings. The van der Waals surface area contributed by atoms with Crippen LogP contribution in [-0.2, 0) is 27.2 Å². The Kier molecular flexibility index (Phi) is 5.96. The minimum absolute atomic E-state index is 0.0389. The number of aryl methyl sites for hydroxylation is 2. The van der Waals surface area contributed by atoms with Crippen molar-refractivity contribution >= 4 is 23.3 Å². The Morgan fingerprint density at radius 2 is 1.70 bits per heavy atom. The minimum Gasteiger partial charge on any atom is -0.456 e. The third kappa shape index (κ3) is 5.23. The lowest BCUT2D eigenvalue weighted by atomic mass is 10.0. The van der Waals surface area contributed by atoms with E-state index in [9.17, 15) is 18.8 Å². The number of ether oxygens (including phenoxy) is 1. The molecule has 0 aliphatic heterocycles.